The summed E-state index contributed by atoms with van der Waals surface area (Å²) >= 11 is 6.24. The summed E-state index contributed by atoms with van der Waals surface area (Å²) in [4.78, 5) is 0. The average Bonchev–Trinajstić information content (AvgIpc) is 2.43. The molecule has 1 aromatic carbocycles. The van der Waals surface area contributed by atoms with E-state index in [1.807, 2.05) is 6.92 Å². The zero-order chi connectivity index (χ0) is 13.4. The summed E-state index contributed by atoms with van der Waals surface area (Å²) in [6, 6.07) is 6.30. The molecule has 1 unspecified atom stereocenters. The molecule has 18 heavy (non-hydrogen) atoms. The van der Waals surface area contributed by atoms with Gasteiger partial charge in [-0.05, 0) is 55.2 Å². The third kappa shape index (κ3) is 2.89. The fraction of sp³-hybridized carbons (Fsp3) is 0.625. The van der Waals surface area contributed by atoms with Gasteiger partial charge in [-0.3, -0.25) is 0 Å². The Morgan fingerprint density at radius 3 is 2.50 bits per heavy atom. The van der Waals surface area contributed by atoms with E-state index in [1.165, 1.54) is 24.8 Å². The first kappa shape index (κ1) is 13.9. The Labute approximate surface area is 116 Å². The molecule has 0 saturated heterocycles. The van der Waals surface area contributed by atoms with Crippen LogP contribution in [0.25, 0.3) is 0 Å². The minimum atomic E-state index is -0.189. The summed E-state index contributed by atoms with van der Waals surface area (Å²) < 4.78 is 0. The van der Waals surface area contributed by atoms with Crippen molar-refractivity contribution in [3.05, 3.63) is 34.3 Å². The van der Waals surface area contributed by atoms with Crippen LogP contribution in [-0.2, 0) is 5.54 Å². The molecule has 1 aromatic rings. The highest BCUT2D eigenvalue weighted by molar-refractivity contribution is 6.31. The van der Waals surface area contributed by atoms with E-state index in [0.29, 0.717) is 5.41 Å². The number of hydrogen-bond donors (Lipinski definition) is 1. The van der Waals surface area contributed by atoms with Crippen molar-refractivity contribution in [3.63, 3.8) is 0 Å². The third-order valence-corrected chi connectivity index (χ3v) is 4.88. The van der Waals surface area contributed by atoms with E-state index in [9.17, 15) is 0 Å². The summed E-state index contributed by atoms with van der Waals surface area (Å²) in [5.74, 6) is 0. The Morgan fingerprint density at radius 1 is 1.11 bits per heavy atom. The van der Waals surface area contributed by atoms with E-state index in [4.69, 9.17) is 17.3 Å². The number of benzene rings is 1. The van der Waals surface area contributed by atoms with Crippen LogP contribution in [0.5, 0.6) is 0 Å². The summed E-state index contributed by atoms with van der Waals surface area (Å²) in [5, 5.41) is 0.834. The van der Waals surface area contributed by atoms with Crippen LogP contribution >= 0.6 is 11.6 Å². The molecule has 0 spiro atoms. The highest BCUT2D eigenvalue weighted by atomic mass is 35.5. The van der Waals surface area contributed by atoms with Gasteiger partial charge < -0.3 is 5.73 Å². The molecular formula is C16H24ClN. The van der Waals surface area contributed by atoms with E-state index in [0.717, 1.165) is 23.4 Å². The van der Waals surface area contributed by atoms with Crippen LogP contribution in [-0.4, -0.2) is 0 Å². The monoisotopic (exact) mass is 265 g/mol. The highest BCUT2D eigenvalue weighted by Crippen LogP contribution is 2.41. The lowest BCUT2D eigenvalue weighted by Gasteiger charge is -2.30. The molecule has 1 saturated carbocycles. The van der Waals surface area contributed by atoms with Gasteiger partial charge in [0.2, 0.25) is 0 Å². The maximum atomic E-state index is 6.66. The molecule has 0 aliphatic heterocycles. The number of aryl methyl sites for hydroxylation is 1. The standard InChI is InChI=1S/C16H24ClN/c1-12-5-6-13(11-14(12)17)16(18)8-4-7-15(2,3)9-10-16/h5-6,11H,4,7-10,18H2,1-3H3. The molecule has 0 bridgehead atoms. The third-order valence-electron chi connectivity index (χ3n) is 4.47. The molecule has 1 nitrogen and oxygen atoms in total. The van der Waals surface area contributed by atoms with Gasteiger partial charge in [-0.15, -0.1) is 0 Å². The van der Waals surface area contributed by atoms with E-state index in [1.54, 1.807) is 0 Å². The van der Waals surface area contributed by atoms with Gasteiger partial charge in [0, 0.05) is 10.6 Å². The second-order valence-electron chi connectivity index (χ2n) is 6.64. The average molecular weight is 266 g/mol. The van der Waals surface area contributed by atoms with Gasteiger partial charge >= 0.3 is 0 Å². The number of halogens is 1. The molecule has 1 aliphatic carbocycles. The van der Waals surface area contributed by atoms with E-state index in [2.05, 4.69) is 32.0 Å². The first-order chi connectivity index (χ1) is 8.32. The van der Waals surface area contributed by atoms with Gasteiger partial charge in [-0.25, -0.2) is 0 Å². The van der Waals surface area contributed by atoms with E-state index >= 15 is 0 Å². The lowest BCUT2D eigenvalue weighted by Crippen LogP contribution is -2.36. The quantitative estimate of drug-likeness (QED) is 0.726. The minimum Gasteiger partial charge on any atom is -0.321 e. The predicted octanol–water partition coefficient (Wildman–Crippen LogP) is 4.79. The Morgan fingerprint density at radius 2 is 1.83 bits per heavy atom. The van der Waals surface area contributed by atoms with Gasteiger partial charge in [0.1, 0.15) is 0 Å². The number of rotatable bonds is 1. The van der Waals surface area contributed by atoms with Crippen molar-refractivity contribution >= 4 is 11.6 Å². The van der Waals surface area contributed by atoms with Crippen molar-refractivity contribution < 1.29 is 0 Å². The number of hydrogen-bond acceptors (Lipinski definition) is 1. The second kappa shape index (κ2) is 4.86. The molecule has 1 atom stereocenters. The zero-order valence-corrected chi connectivity index (χ0v) is 12.5. The first-order valence-corrected chi connectivity index (χ1v) is 7.26. The second-order valence-corrected chi connectivity index (χ2v) is 7.05. The highest BCUT2D eigenvalue weighted by Gasteiger charge is 2.33. The fourth-order valence-electron chi connectivity index (χ4n) is 2.89. The molecule has 1 fully saturated rings. The van der Waals surface area contributed by atoms with Crippen LogP contribution < -0.4 is 5.73 Å². The Balaban J connectivity index is 2.27. The maximum Gasteiger partial charge on any atom is 0.0438 e. The SMILES string of the molecule is Cc1ccc(C2(N)CCCC(C)(C)CC2)cc1Cl. The topological polar surface area (TPSA) is 26.0 Å². The lowest BCUT2D eigenvalue weighted by molar-refractivity contribution is 0.299. The van der Waals surface area contributed by atoms with Crippen molar-refractivity contribution in [1.82, 2.24) is 0 Å². The van der Waals surface area contributed by atoms with Crippen LogP contribution in [0.1, 0.15) is 57.1 Å². The predicted molar refractivity (Wildman–Crippen MR) is 78.9 cm³/mol. The Hall–Kier alpha value is -0.530. The summed E-state index contributed by atoms with van der Waals surface area (Å²) in [6.45, 7) is 6.73. The van der Waals surface area contributed by atoms with Gasteiger partial charge in [-0.1, -0.05) is 44.0 Å². The van der Waals surface area contributed by atoms with Crippen LogP contribution in [0.15, 0.2) is 18.2 Å². The summed E-state index contributed by atoms with van der Waals surface area (Å²) in [7, 11) is 0. The number of nitrogens with two attached hydrogens (primary N) is 1. The van der Waals surface area contributed by atoms with Gasteiger partial charge in [-0.2, -0.15) is 0 Å². The van der Waals surface area contributed by atoms with Crippen molar-refractivity contribution in [2.75, 3.05) is 0 Å². The molecule has 1 aliphatic rings. The molecule has 0 heterocycles. The molecule has 100 valence electrons. The Kier molecular flexibility index (Phi) is 3.75. The fourth-order valence-corrected chi connectivity index (χ4v) is 3.07. The molecule has 0 aromatic heterocycles. The van der Waals surface area contributed by atoms with E-state index in [-0.39, 0.29) is 5.54 Å². The van der Waals surface area contributed by atoms with Crippen LogP contribution in [0.4, 0.5) is 0 Å². The largest absolute Gasteiger partial charge is 0.321 e. The minimum absolute atomic E-state index is 0.189. The van der Waals surface area contributed by atoms with Crippen molar-refractivity contribution in [1.29, 1.82) is 0 Å². The Bertz CT molecular complexity index is 439. The molecule has 2 heteroatoms. The van der Waals surface area contributed by atoms with Gasteiger partial charge in [0.25, 0.3) is 0 Å². The molecule has 0 radical (unpaired) electrons. The summed E-state index contributed by atoms with van der Waals surface area (Å²) in [5.41, 5.74) is 9.23. The van der Waals surface area contributed by atoms with Crippen LogP contribution in [0.3, 0.4) is 0 Å². The lowest BCUT2D eigenvalue weighted by atomic mass is 9.81. The van der Waals surface area contributed by atoms with Crippen LogP contribution in [0, 0.1) is 12.3 Å². The molecule has 2 rings (SSSR count). The normalized spacial score (nSPS) is 27.8. The van der Waals surface area contributed by atoms with Gasteiger partial charge in [0.15, 0.2) is 0 Å². The van der Waals surface area contributed by atoms with Crippen molar-refractivity contribution in [3.8, 4) is 0 Å². The zero-order valence-electron chi connectivity index (χ0n) is 11.7. The molecule has 0 amide bonds. The first-order valence-electron chi connectivity index (χ1n) is 6.88. The van der Waals surface area contributed by atoms with Crippen molar-refractivity contribution in [2.24, 2.45) is 11.1 Å². The molecule has 2 N–H and O–H groups in total. The van der Waals surface area contributed by atoms with Crippen LogP contribution in [0.2, 0.25) is 5.02 Å². The van der Waals surface area contributed by atoms with Gasteiger partial charge in [0.05, 0.1) is 0 Å². The summed E-state index contributed by atoms with van der Waals surface area (Å²) in [6.07, 6.45) is 5.78. The molecular weight excluding hydrogens is 242 g/mol. The van der Waals surface area contributed by atoms with E-state index < -0.39 is 0 Å². The van der Waals surface area contributed by atoms with Crippen molar-refractivity contribution in [2.45, 2.75) is 58.4 Å². The maximum absolute atomic E-state index is 6.66. The smallest absolute Gasteiger partial charge is 0.0438 e.